The van der Waals surface area contributed by atoms with Crippen LogP contribution in [-0.4, -0.2) is 30.3 Å². The van der Waals surface area contributed by atoms with Crippen molar-refractivity contribution in [3.63, 3.8) is 0 Å². The van der Waals surface area contributed by atoms with Crippen LogP contribution in [0.5, 0.6) is 5.75 Å². The Hall–Kier alpha value is -2.37. The van der Waals surface area contributed by atoms with Gasteiger partial charge in [-0.15, -0.1) is 0 Å². The normalized spacial score (nSPS) is 11.8. The van der Waals surface area contributed by atoms with Crippen molar-refractivity contribution in [3.05, 3.63) is 59.7 Å². The Bertz CT molecular complexity index is 654. The maximum atomic E-state index is 11.9. The van der Waals surface area contributed by atoms with Gasteiger partial charge in [-0.25, -0.2) is 0 Å². The van der Waals surface area contributed by atoms with Crippen molar-refractivity contribution >= 4 is 11.6 Å². The molecule has 2 rings (SSSR count). The van der Waals surface area contributed by atoms with Crippen LogP contribution in [0.15, 0.2) is 48.5 Å². The highest BCUT2D eigenvalue weighted by atomic mass is 16.5. The summed E-state index contributed by atoms with van der Waals surface area (Å²) in [5.74, 6) is 0.446. The van der Waals surface area contributed by atoms with Crippen LogP contribution in [0.3, 0.4) is 0 Å². The molecule has 1 amide bonds. The molecule has 0 aliphatic carbocycles. The number of hydrogen-bond donors (Lipinski definition) is 3. The zero-order valence-electron chi connectivity index (χ0n) is 14.1. The number of anilines is 1. The van der Waals surface area contributed by atoms with Crippen LogP contribution in [0.25, 0.3) is 0 Å². The standard InChI is InChI=1S/C19H24N2O3/c1-14-6-8-17(9-7-14)21-19(23)13-24-18-5-3-4-16(10-18)12-20-11-15(2)22/h3-10,15,20,22H,11-13H2,1-2H3,(H,21,23)/t15-/m0/s1. The van der Waals surface area contributed by atoms with E-state index in [0.29, 0.717) is 18.8 Å². The van der Waals surface area contributed by atoms with E-state index in [0.717, 1.165) is 16.8 Å². The quantitative estimate of drug-likeness (QED) is 0.696. The van der Waals surface area contributed by atoms with Gasteiger partial charge in [0.25, 0.3) is 5.91 Å². The fraction of sp³-hybridized carbons (Fsp3) is 0.316. The minimum Gasteiger partial charge on any atom is -0.484 e. The summed E-state index contributed by atoms with van der Waals surface area (Å²) < 4.78 is 5.54. The number of aryl methyl sites for hydroxylation is 1. The fourth-order valence-corrected chi connectivity index (χ4v) is 2.15. The number of ether oxygens (including phenoxy) is 1. The van der Waals surface area contributed by atoms with Gasteiger partial charge in [0.1, 0.15) is 5.75 Å². The third-order valence-electron chi connectivity index (χ3n) is 3.37. The molecule has 0 aromatic heterocycles. The van der Waals surface area contributed by atoms with Crippen molar-refractivity contribution < 1.29 is 14.6 Å². The molecule has 1 atom stereocenters. The van der Waals surface area contributed by atoms with E-state index in [1.165, 1.54) is 0 Å². The van der Waals surface area contributed by atoms with Crippen LogP contribution >= 0.6 is 0 Å². The third-order valence-corrected chi connectivity index (χ3v) is 3.37. The van der Waals surface area contributed by atoms with Crippen molar-refractivity contribution in [2.75, 3.05) is 18.5 Å². The molecule has 0 radical (unpaired) electrons. The highest BCUT2D eigenvalue weighted by Crippen LogP contribution is 2.14. The van der Waals surface area contributed by atoms with Gasteiger partial charge in [0.15, 0.2) is 6.61 Å². The van der Waals surface area contributed by atoms with Crippen molar-refractivity contribution in [2.24, 2.45) is 0 Å². The molecule has 0 saturated heterocycles. The highest BCUT2D eigenvalue weighted by molar-refractivity contribution is 5.91. The zero-order chi connectivity index (χ0) is 17.4. The molecule has 0 unspecified atom stereocenters. The van der Waals surface area contributed by atoms with E-state index in [4.69, 9.17) is 4.74 Å². The molecule has 0 aliphatic heterocycles. The molecular formula is C19H24N2O3. The van der Waals surface area contributed by atoms with E-state index in [1.807, 2.05) is 55.5 Å². The number of hydrogen-bond acceptors (Lipinski definition) is 4. The molecule has 128 valence electrons. The SMILES string of the molecule is Cc1ccc(NC(=O)COc2cccc(CNC[C@H](C)O)c2)cc1. The molecule has 0 aliphatic rings. The Balaban J connectivity index is 1.80. The number of benzene rings is 2. The molecule has 0 heterocycles. The van der Waals surface area contributed by atoms with Gasteiger partial charge in [-0.2, -0.15) is 0 Å². The van der Waals surface area contributed by atoms with Crippen LogP contribution < -0.4 is 15.4 Å². The van der Waals surface area contributed by atoms with Gasteiger partial charge in [-0.05, 0) is 43.7 Å². The summed E-state index contributed by atoms with van der Waals surface area (Å²) in [6, 6.07) is 15.2. The van der Waals surface area contributed by atoms with E-state index in [1.54, 1.807) is 6.92 Å². The first kappa shape index (κ1) is 18.0. The van der Waals surface area contributed by atoms with E-state index in [2.05, 4.69) is 10.6 Å². The van der Waals surface area contributed by atoms with Crippen LogP contribution in [-0.2, 0) is 11.3 Å². The molecular weight excluding hydrogens is 304 g/mol. The summed E-state index contributed by atoms with van der Waals surface area (Å²) in [5, 5.41) is 15.2. The highest BCUT2D eigenvalue weighted by Gasteiger charge is 2.04. The van der Waals surface area contributed by atoms with Gasteiger partial charge in [0.05, 0.1) is 6.10 Å². The Labute approximate surface area is 142 Å². The summed E-state index contributed by atoms with van der Waals surface area (Å²) in [6.07, 6.45) is -0.380. The smallest absolute Gasteiger partial charge is 0.262 e. The van der Waals surface area contributed by atoms with Gasteiger partial charge >= 0.3 is 0 Å². The second-order valence-corrected chi connectivity index (χ2v) is 5.83. The lowest BCUT2D eigenvalue weighted by Gasteiger charge is -2.10. The lowest BCUT2D eigenvalue weighted by molar-refractivity contribution is -0.118. The number of amides is 1. The Morgan fingerprint density at radius 1 is 1.21 bits per heavy atom. The molecule has 0 saturated carbocycles. The van der Waals surface area contributed by atoms with Gasteiger partial charge in [0, 0.05) is 18.8 Å². The summed E-state index contributed by atoms with van der Waals surface area (Å²) in [6.45, 7) is 4.86. The lowest BCUT2D eigenvalue weighted by atomic mass is 10.2. The Kier molecular flexibility index (Phi) is 6.78. The maximum absolute atomic E-state index is 11.9. The van der Waals surface area contributed by atoms with Crippen LogP contribution in [0.4, 0.5) is 5.69 Å². The van der Waals surface area contributed by atoms with Crippen molar-refractivity contribution in [3.8, 4) is 5.75 Å². The first-order valence-electron chi connectivity index (χ1n) is 8.00. The predicted molar refractivity (Wildman–Crippen MR) is 95.1 cm³/mol. The van der Waals surface area contributed by atoms with Crippen molar-refractivity contribution in [2.45, 2.75) is 26.5 Å². The summed E-state index contributed by atoms with van der Waals surface area (Å²) >= 11 is 0. The number of carbonyl (C=O) groups is 1. The fourth-order valence-electron chi connectivity index (χ4n) is 2.15. The average molecular weight is 328 g/mol. The average Bonchev–Trinajstić information content (AvgIpc) is 2.55. The largest absolute Gasteiger partial charge is 0.484 e. The van der Waals surface area contributed by atoms with Crippen molar-refractivity contribution in [1.29, 1.82) is 0 Å². The number of rotatable bonds is 8. The molecule has 0 bridgehead atoms. The van der Waals surface area contributed by atoms with Crippen molar-refractivity contribution in [1.82, 2.24) is 5.32 Å². The molecule has 24 heavy (non-hydrogen) atoms. The van der Waals surface area contributed by atoms with Crippen LogP contribution in [0, 0.1) is 6.92 Å². The Morgan fingerprint density at radius 3 is 2.67 bits per heavy atom. The molecule has 0 spiro atoms. The number of nitrogens with one attached hydrogen (secondary N) is 2. The summed E-state index contributed by atoms with van der Waals surface area (Å²) in [7, 11) is 0. The Morgan fingerprint density at radius 2 is 1.96 bits per heavy atom. The molecule has 0 fully saturated rings. The minimum absolute atomic E-state index is 0.0432. The number of aliphatic hydroxyl groups excluding tert-OH is 1. The van der Waals surface area contributed by atoms with E-state index in [-0.39, 0.29) is 18.6 Å². The van der Waals surface area contributed by atoms with E-state index < -0.39 is 0 Å². The molecule has 5 heteroatoms. The van der Waals surface area contributed by atoms with Gasteiger partial charge in [-0.1, -0.05) is 29.8 Å². The van der Waals surface area contributed by atoms with E-state index in [9.17, 15) is 9.90 Å². The van der Waals surface area contributed by atoms with Gasteiger partial charge in [-0.3, -0.25) is 4.79 Å². The first-order chi connectivity index (χ1) is 11.5. The van der Waals surface area contributed by atoms with Crippen LogP contribution in [0.1, 0.15) is 18.1 Å². The lowest BCUT2D eigenvalue weighted by Crippen LogP contribution is -2.23. The first-order valence-corrected chi connectivity index (χ1v) is 8.00. The number of aliphatic hydroxyl groups is 1. The second kappa shape index (κ2) is 9.05. The third kappa shape index (κ3) is 6.40. The molecule has 3 N–H and O–H groups in total. The molecule has 2 aromatic rings. The maximum Gasteiger partial charge on any atom is 0.262 e. The monoisotopic (exact) mass is 328 g/mol. The van der Waals surface area contributed by atoms with Gasteiger partial charge < -0.3 is 20.5 Å². The van der Waals surface area contributed by atoms with Crippen LogP contribution in [0.2, 0.25) is 0 Å². The predicted octanol–water partition coefficient (Wildman–Crippen LogP) is 2.48. The van der Waals surface area contributed by atoms with E-state index >= 15 is 0 Å². The minimum atomic E-state index is -0.380. The molecule has 5 nitrogen and oxygen atoms in total. The zero-order valence-corrected chi connectivity index (χ0v) is 14.1. The second-order valence-electron chi connectivity index (χ2n) is 5.83. The molecule has 2 aromatic carbocycles. The van der Waals surface area contributed by atoms with Gasteiger partial charge in [0.2, 0.25) is 0 Å². The summed E-state index contributed by atoms with van der Waals surface area (Å²) in [5.41, 5.74) is 2.93. The number of carbonyl (C=O) groups excluding carboxylic acids is 1. The summed E-state index contributed by atoms with van der Waals surface area (Å²) in [4.78, 5) is 11.9. The topological polar surface area (TPSA) is 70.6 Å².